The number of pyridine rings is 2. The lowest BCUT2D eigenvalue weighted by molar-refractivity contribution is 0.0455. The Labute approximate surface area is 234 Å². The van der Waals surface area contributed by atoms with E-state index in [-0.39, 0.29) is 0 Å². The minimum absolute atomic E-state index is 0.310. The summed E-state index contributed by atoms with van der Waals surface area (Å²) in [5.41, 5.74) is 2.31. The van der Waals surface area contributed by atoms with Gasteiger partial charge in [0.05, 0.1) is 22.2 Å². The van der Waals surface area contributed by atoms with E-state index < -0.39 is 5.41 Å². The summed E-state index contributed by atoms with van der Waals surface area (Å²) in [6.45, 7) is 3.96. The molecule has 3 N–H and O–H groups in total. The Morgan fingerprint density at radius 1 is 1.23 bits per heavy atom. The highest BCUT2D eigenvalue weighted by atomic mass is 35.5. The molecule has 0 spiro atoms. The van der Waals surface area contributed by atoms with Crippen LogP contribution in [0.2, 0.25) is 5.02 Å². The molecule has 10 nitrogen and oxygen atoms in total. The molecule has 2 aliphatic rings. The second kappa shape index (κ2) is 12.8. The van der Waals surface area contributed by atoms with E-state index in [9.17, 15) is 5.26 Å². The van der Waals surface area contributed by atoms with Gasteiger partial charge in [-0.25, -0.2) is 4.98 Å². The number of rotatable bonds is 10. The first-order valence-corrected chi connectivity index (χ1v) is 14.2. The van der Waals surface area contributed by atoms with Gasteiger partial charge in [0.2, 0.25) is 0 Å². The number of anilines is 1. The summed E-state index contributed by atoms with van der Waals surface area (Å²) in [7, 11) is 0. The number of ether oxygens (including phenoxy) is 1. The molecule has 0 radical (unpaired) electrons. The van der Waals surface area contributed by atoms with Crippen LogP contribution in [0.4, 0.5) is 5.82 Å². The van der Waals surface area contributed by atoms with Crippen molar-refractivity contribution in [3.05, 3.63) is 47.0 Å². The van der Waals surface area contributed by atoms with Crippen LogP contribution in [-0.4, -0.2) is 62.4 Å². The summed E-state index contributed by atoms with van der Waals surface area (Å²) in [6.07, 6.45) is 9.52. The van der Waals surface area contributed by atoms with Gasteiger partial charge in [0.25, 0.3) is 0 Å². The zero-order chi connectivity index (χ0) is 27.1. The van der Waals surface area contributed by atoms with Gasteiger partial charge >= 0.3 is 0 Å². The lowest BCUT2D eigenvalue weighted by Crippen LogP contribution is -2.40. The number of hydrogen-bond acceptors (Lipinski definition) is 9. The van der Waals surface area contributed by atoms with Crippen LogP contribution in [-0.2, 0) is 17.6 Å². The predicted molar refractivity (Wildman–Crippen MR) is 149 cm³/mol. The summed E-state index contributed by atoms with van der Waals surface area (Å²) in [4.78, 5) is 9.46. The second-order valence-corrected chi connectivity index (χ2v) is 11.4. The average Bonchev–Trinajstić information content (AvgIpc) is 3.47. The van der Waals surface area contributed by atoms with Gasteiger partial charge in [-0.15, -0.1) is 10.2 Å². The average molecular weight is 550 g/mol. The largest absolute Gasteiger partial charge is 0.381 e. The fraction of sp³-hybridized carbons (Fsp3) is 0.571. The number of nitrogens with zero attached hydrogens (tertiary/aromatic N) is 6. The molecule has 1 saturated heterocycles. The number of aromatic nitrogens is 6. The number of H-pyrrole nitrogens is 1. The standard InChI is InChI=1S/C28H36ClN9O/c1-19(13-27-35-37-38-36-27)33-21-7-5-20(6-8-21)14-22-15-23(24(29)16-31-22)25-3-2-4-26(34-25)32-18-28(17-30)9-11-39-12-10-28/h2-4,15-16,19-21,33H,5-14,18H2,1H3,(H,32,34)(H,35,36,37,38). The van der Waals surface area contributed by atoms with Crippen molar-refractivity contribution in [2.24, 2.45) is 11.3 Å². The van der Waals surface area contributed by atoms with Crippen LogP contribution >= 0.6 is 11.6 Å². The molecule has 1 saturated carbocycles. The SMILES string of the molecule is CC(Cc1nn[nH]n1)NC1CCC(Cc2cc(-c3cccc(NCC4(C#N)CCOCC4)n3)c(Cl)cn2)CC1. The van der Waals surface area contributed by atoms with E-state index in [2.05, 4.69) is 55.3 Å². The summed E-state index contributed by atoms with van der Waals surface area (Å²) < 4.78 is 5.45. The molecule has 39 heavy (non-hydrogen) atoms. The van der Waals surface area contributed by atoms with Crippen LogP contribution in [0.1, 0.15) is 57.0 Å². The lowest BCUT2D eigenvalue weighted by Gasteiger charge is -2.31. The van der Waals surface area contributed by atoms with Crippen molar-refractivity contribution >= 4 is 17.4 Å². The Morgan fingerprint density at radius 3 is 2.79 bits per heavy atom. The topological polar surface area (TPSA) is 137 Å². The highest BCUT2D eigenvalue weighted by molar-refractivity contribution is 6.33. The molecule has 11 heteroatoms. The molecule has 1 unspecified atom stereocenters. The van der Waals surface area contributed by atoms with E-state index in [4.69, 9.17) is 21.3 Å². The summed E-state index contributed by atoms with van der Waals surface area (Å²) in [5.74, 6) is 2.08. The zero-order valence-electron chi connectivity index (χ0n) is 22.4. The Bertz CT molecular complexity index is 1250. The molecule has 0 bridgehead atoms. The maximum absolute atomic E-state index is 9.75. The number of aromatic amines is 1. The molecule has 0 aromatic carbocycles. The molecular formula is C28H36ClN9O. The van der Waals surface area contributed by atoms with E-state index >= 15 is 0 Å². The third-order valence-electron chi connectivity index (χ3n) is 7.97. The fourth-order valence-electron chi connectivity index (χ4n) is 5.66. The first kappa shape index (κ1) is 27.4. The van der Waals surface area contributed by atoms with Gasteiger partial charge in [0.1, 0.15) is 5.82 Å². The van der Waals surface area contributed by atoms with Gasteiger partial charge < -0.3 is 15.4 Å². The van der Waals surface area contributed by atoms with Crippen LogP contribution in [0.5, 0.6) is 0 Å². The maximum atomic E-state index is 9.75. The fourth-order valence-corrected chi connectivity index (χ4v) is 5.86. The van der Waals surface area contributed by atoms with E-state index in [1.165, 1.54) is 0 Å². The molecule has 4 heterocycles. The molecule has 1 atom stereocenters. The Hall–Kier alpha value is -3.13. The van der Waals surface area contributed by atoms with Crippen molar-refractivity contribution in [1.29, 1.82) is 5.26 Å². The molecule has 206 valence electrons. The maximum Gasteiger partial charge on any atom is 0.176 e. The Kier molecular flexibility index (Phi) is 9.02. The zero-order valence-corrected chi connectivity index (χ0v) is 23.1. The van der Waals surface area contributed by atoms with Crippen LogP contribution in [0, 0.1) is 22.7 Å². The monoisotopic (exact) mass is 549 g/mol. The van der Waals surface area contributed by atoms with Crippen molar-refractivity contribution in [2.75, 3.05) is 25.1 Å². The van der Waals surface area contributed by atoms with Crippen LogP contribution in [0.3, 0.4) is 0 Å². The molecule has 3 aromatic heterocycles. The van der Waals surface area contributed by atoms with Gasteiger partial charge in [0.15, 0.2) is 5.82 Å². The number of tetrazole rings is 1. The number of nitrogens with one attached hydrogen (secondary N) is 3. The highest BCUT2D eigenvalue weighted by Gasteiger charge is 2.32. The number of nitriles is 1. The first-order chi connectivity index (χ1) is 19.0. The molecule has 3 aromatic rings. The second-order valence-electron chi connectivity index (χ2n) is 10.9. The van der Waals surface area contributed by atoms with E-state index in [0.717, 1.165) is 80.0 Å². The number of hydrogen-bond donors (Lipinski definition) is 3. The van der Waals surface area contributed by atoms with Crippen molar-refractivity contribution in [2.45, 2.75) is 70.4 Å². The smallest absolute Gasteiger partial charge is 0.176 e. The summed E-state index contributed by atoms with van der Waals surface area (Å²) in [5, 5.41) is 31.7. The highest BCUT2D eigenvalue weighted by Crippen LogP contribution is 2.32. The minimum Gasteiger partial charge on any atom is -0.381 e. The third kappa shape index (κ3) is 7.29. The Balaban J connectivity index is 1.16. The van der Waals surface area contributed by atoms with Crippen LogP contribution in [0.25, 0.3) is 11.3 Å². The molecular weight excluding hydrogens is 514 g/mol. The van der Waals surface area contributed by atoms with Gasteiger partial charge in [0, 0.05) is 55.7 Å². The van der Waals surface area contributed by atoms with Gasteiger partial charge in [-0.2, -0.15) is 10.5 Å². The Morgan fingerprint density at radius 2 is 2.05 bits per heavy atom. The summed E-state index contributed by atoms with van der Waals surface area (Å²) in [6, 6.07) is 11.3. The van der Waals surface area contributed by atoms with Crippen LogP contribution < -0.4 is 10.6 Å². The lowest BCUT2D eigenvalue weighted by atomic mass is 9.82. The van der Waals surface area contributed by atoms with Gasteiger partial charge in [-0.3, -0.25) is 4.98 Å². The molecule has 2 fully saturated rings. The normalized spacial score (nSPS) is 21.7. The van der Waals surface area contributed by atoms with Crippen molar-refractivity contribution in [3.63, 3.8) is 0 Å². The van der Waals surface area contributed by atoms with Crippen molar-refractivity contribution in [3.8, 4) is 17.3 Å². The van der Waals surface area contributed by atoms with Gasteiger partial charge in [-0.1, -0.05) is 22.9 Å². The predicted octanol–water partition coefficient (Wildman–Crippen LogP) is 4.36. The van der Waals surface area contributed by atoms with Crippen molar-refractivity contribution < 1.29 is 4.74 Å². The molecule has 1 aliphatic heterocycles. The summed E-state index contributed by atoms with van der Waals surface area (Å²) >= 11 is 6.58. The molecule has 1 aliphatic carbocycles. The van der Waals surface area contributed by atoms with E-state index in [0.29, 0.717) is 42.8 Å². The van der Waals surface area contributed by atoms with Crippen LogP contribution in [0.15, 0.2) is 30.5 Å². The van der Waals surface area contributed by atoms with Gasteiger partial charge in [-0.05, 0) is 76.0 Å². The molecule has 0 amide bonds. The molecule has 5 rings (SSSR count). The van der Waals surface area contributed by atoms with E-state index in [1.807, 2.05) is 18.2 Å². The van der Waals surface area contributed by atoms with E-state index in [1.54, 1.807) is 6.20 Å². The first-order valence-electron chi connectivity index (χ1n) is 13.8. The number of halogens is 1. The third-order valence-corrected chi connectivity index (χ3v) is 8.28. The minimum atomic E-state index is -0.418. The quantitative estimate of drug-likeness (QED) is 0.336. The van der Waals surface area contributed by atoms with Crippen molar-refractivity contribution in [1.82, 2.24) is 35.9 Å².